The summed E-state index contributed by atoms with van der Waals surface area (Å²) in [6, 6.07) is 27.3. The maximum absolute atomic E-state index is 14.1. The number of aryl methyl sites for hydroxylation is 4. The molecule has 0 bridgehead atoms. The Morgan fingerprint density at radius 3 is 0.892 bits per heavy atom. The molecule has 9 heteroatoms. The molecule has 0 radical (unpaired) electrons. The van der Waals surface area contributed by atoms with Crippen molar-refractivity contribution >= 4 is 15.6 Å². The van der Waals surface area contributed by atoms with Crippen LogP contribution in [0.2, 0.25) is 0 Å². The third-order valence-corrected chi connectivity index (χ3v) is 8.36. The first-order valence-corrected chi connectivity index (χ1v) is 14.5. The fourth-order valence-electron chi connectivity index (χ4n) is 3.43. The maximum atomic E-state index is 14.1. The van der Waals surface area contributed by atoms with E-state index >= 15 is 0 Å². The quantitative estimate of drug-likeness (QED) is 0.187. The molecule has 4 rings (SSSR count). The van der Waals surface area contributed by atoms with Gasteiger partial charge in [0.15, 0.2) is 0 Å². The van der Waals surface area contributed by atoms with Crippen LogP contribution in [0, 0.1) is 27.7 Å². The van der Waals surface area contributed by atoms with Crippen molar-refractivity contribution in [2.45, 2.75) is 27.7 Å². The molecule has 37 heavy (non-hydrogen) atoms. The van der Waals surface area contributed by atoms with Crippen molar-refractivity contribution in [3.8, 4) is 23.0 Å². The van der Waals surface area contributed by atoms with Gasteiger partial charge in [0.1, 0.15) is 23.0 Å². The Balaban J connectivity index is 1.74. The van der Waals surface area contributed by atoms with Crippen molar-refractivity contribution in [1.29, 1.82) is 0 Å². The zero-order valence-electron chi connectivity index (χ0n) is 21.0. The van der Waals surface area contributed by atoms with E-state index in [4.69, 9.17) is 22.4 Å². The number of phosphoric acid groups is 2. The van der Waals surface area contributed by atoms with Crippen molar-refractivity contribution < 1.29 is 31.5 Å². The Bertz CT molecular complexity index is 1270. The summed E-state index contributed by atoms with van der Waals surface area (Å²) in [7, 11) is -9.27. The standard InChI is InChI=1S/C28H28O7P2/c1-21-9-5-13-25(17-21)31-36(29,32-26-14-6-10-22(2)18-26)35-37(30,33-27-15-7-11-23(3)19-27)34-28-16-8-12-24(4)20-28/h5-20H,1-4H3. The minimum Gasteiger partial charge on any atom is -0.395 e. The third kappa shape index (κ3) is 7.74. The van der Waals surface area contributed by atoms with E-state index in [1.54, 1.807) is 72.8 Å². The highest BCUT2D eigenvalue weighted by Crippen LogP contribution is 2.64. The molecule has 0 heterocycles. The first-order chi connectivity index (χ1) is 17.6. The normalized spacial score (nSPS) is 11.6. The van der Waals surface area contributed by atoms with Gasteiger partial charge in [-0.15, -0.1) is 4.31 Å². The van der Waals surface area contributed by atoms with E-state index in [1.807, 2.05) is 52.0 Å². The Kier molecular flexibility index (Phi) is 8.09. The highest BCUT2D eigenvalue weighted by molar-refractivity contribution is 7.63. The molecule has 0 fully saturated rings. The van der Waals surface area contributed by atoms with Crippen LogP contribution in [0.3, 0.4) is 0 Å². The molecule has 0 spiro atoms. The highest BCUT2D eigenvalue weighted by atomic mass is 31.3. The van der Waals surface area contributed by atoms with Crippen LogP contribution in [0.5, 0.6) is 23.0 Å². The smallest absolute Gasteiger partial charge is 0.395 e. The van der Waals surface area contributed by atoms with Crippen molar-refractivity contribution in [1.82, 2.24) is 0 Å². The molecule has 0 N–H and O–H groups in total. The third-order valence-electron chi connectivity index (χ3n) is 5.03. The maximum Gasteiger partial charge on any atom is 0.598 e. The number of phosphoric ester groups is 2. The fraction of sp³-hybridized carbons (Fsp3) is 0.143. The molecular weight excluding hydrogens is 510 g/mol. The minimum atomic E-state index is -4.64. The number of hydrogen-bond acceptors (Lipinski definition) is 7. The monoisotopic (exact) mass is 538 g/mol. The minimum absolute atomic E-state index is 0.202. The van der Waals surface area contributed by atoms with Gasteiger partial charge in [-0.2, -0.15) is 0 Å². The van der Waals surface area contributed by atoms with Gasteiger partial charge < -0.3 is 18.1 Å². The largest absolute Gasteiger partial charge is 0.598 e. The molecule has 0 unspecified atom stereocenters. The molecular formula is C28H28O7P2. The second-order valence-corrected chi connectivity index (χ2v) is 11.8. The van der Waals surface area contributed by atoms with E-state index in [2.05, 4.69) is 0 Å². The van der Waals surface area contributed by atoms with Crippen LogP contribution >= 0.6 is 15.6 Å². The Hall–Kier alpha value is -3.50. The van der Waals surface area contributed by atoms with Crippen LogP contribution in [-0.2, 0) is 13.4 Å². The van der Waals surface area contributed by atoms with Crippen molar-refractivity contribution in [3.05, 3.63) is 119 Å². The summed E-state index contributed by atoms with van der Waals surface area (Å²) in [5.41, 5.74) is 3.43. The van der Waals surface area contributed by atoms with E-state index in [-0.39, 0.29) is 23.0 Å². The summed E-state index contributed by atoms with van der Waals surface area (Å²) in [5, 5.41) is 0. The molecule has 4 aromatic carbocycles. The lowest BCUT2D eigenvalue weighted by molar-refractivity contribution is 0.243. The van der Waals surface area contributed by atoms with E-state index in [0.717, 1.165) is 22.3 Å². The van der Waals surface area contributed by atoms with E-state index < -0.39 is 15.6 Å². The van der Waals surface area contributed by atoms with Crippen LogP contribution in [0.25, 0.3) is 0 Å². The summed E-state index contributed by atoms with van der Waals surface area (Å²) in [4.78, 5) is 0. The highest BCUT2D eigenvalue weighted by Gasteiger charge is 2.46. The van der Waals surface area contributed by atoms with Gasteiger partial charge in [-0.1, -0.05) is 48.5 Å². The lowest BCUT2D eigenvalue weighted by Crippen LogP contribution is -2.10. The second-order valence-electron chi connectivity index (χ2n) is 8.61. The van der Waals surface area contributed by atoms with Crippen molar-refractivity contribution in [3.63, 3.8) is 0 Å². The average molecular weight is 538 g/mol. The molecule has 7 nitrogen and oxygen atoms in total. The Labute approximate surface area is 217 Å². The van der Waals surface area contributed by atoms with Crippen LogP contribution in [0.1, 0.15) is 22.3 Å². The number of rotatable bonds is 10. The zero-order chi connectivity index (χ0) is 26.5. The molecule has 0 aromatic heterocycles. The summed E-state index contributed by atoms with van der Waals surface area (Å²) in [6.07, 6.45) is 0. The van der Waals surface area contributed by atoms with Crippen LogP contribution in [-0.4, -0.2) is 0 Å². The van der Waals surface area contributed by atoms with Crippen molar-refractivity contribution in [2.75, 3.05) is 0 Å². The molecule has 0 atom stereocenters. The van der Waals surface area contributed by atoms with Crippen LogP contribution in [0.4, 0.5) is 0 Å². The van der Waals surface area contributed by atoms with Crippen LogP contribution < -0.4 is 18.1 Å². The summed E-state index contributed by atoms with van der Waals surface area (Å²) >= 11 is 0. The Morgan fingerprint density at radius 2 is 0.676 bits per heavy atom. The molecule has 4 aromatic rings. The second kappa shape index (κ2) is 11.3. The lowest BCUT2D eigenvalue weighted by Gasteiger charge is -2.24. The summed E-state index contributed by atoms with van der Waals surface area (Å²) < 4.78 is 56.7. The molecule has 0 aliphatic rings. The molecule has 0 aliphatic heterocycles. The predicted octanol–water partition coefficient (Wildman–Crippen LogP) is 8.77. The van der Waals surface area contributed by atoms with Crippen LogP contribution in [0.15, 0.2) is 97.1 Å². The predicted molar refractivity (Wildman–Crippen MR) is 144 cm³/mol. The van der Waals surface area contributed by atoms with Gasteiger partial charge in [0, 0.05) is 0 Å². The molecule has 0 amide bonds. The first kappa shape index (κ1) is 26.6. The van der Waals surface area contributed by atoms with Gasteiger partial charge in [-0.3, -0.25) is 0 Å². The van der Waals surface area contributed by atoms with Gasteiger partial charge >= 0.3 is 15.6 Å². The van der Waals surface area contributed by atoms with E-state index in [1.165, 1.54) is 0 Å². The Morgan fingerprint density at radius 1 is 0.432 bits per heavy atom. The average Bonchev–Trinajstić information content (AvgIpc) is 2.78. The summed E-state index contributed by atoms with van der Waals surface area (Å²) in [6.45, 7) is 7.42. The molecule has 0 saturated heterocycles. The van der Waals surface area contributed by atoms with Gasteiger partial charge in [0.2, 0.25) is 0 Å². The van der Waals surface area contributed by atoms with Gasteiger partial charge in [-0.05, 0) is 98.5 Å². The van der Waals surface area contributed by atoms with Gasteiger partial charge in [0.25, 0.3) is 0 Å². The van der Waals surface area contributed by atoms with Gasteiger partial charge in [0.05, 0.1) is 0 Å². The van der Waals surface area contributed by atoms with E-state index in [9.17, 15) is 9.13 Å². The van der Waals surface area contributed by atoms with E-state index in [0.29, 0.717) is 0 Å². The number of benzene rings is 4. The first-order valence-electron chi connectivity index (χ1n) is 11.6. The fourth-order valence-corrected chi connectivity index (χ4v) is 6.51. The SMILES string of the molecule is Cc1cccc(OP(=O)(Oc2cccc(C)c2)OP(=O)(Oc2cccc(C)c2)Oc2cccc(C)c2)c1. The number of hydrogen-bond donors (Lipinski definition) is 0. The zero-order valence-corrected chi connectivity index (χ0v) is 22.8. The molecule has 0 aliphatic carbocycles. The summed E-state index contributed by atoms with van der Waals surface area (Å²) in [5.74, 6) is 0.810. The van der Waals surface area contributed by atoms with Gasteiger partial charge in [-0.25, -0.2) is 9.13 Å². The lowest BCUT2D eigenvalue weighted by atomic mass is 10.2. The topological polar surface area (TPSA) is 80.3 Å². The molecule has 0 saturated carbocycles. The van der Waals surface area contributed by atoms with Crippen molar-refractivity contribution in [2.24, 2.45) is 0 Å². The molecule has 192 valence electrons.